The number of carbonyl (C=O) groups is 1. The van der Waals surface area contributed by atoms with Crippen molar-refractivity contribution in [2.75, 3.05) is 11.9 Å². The fourth-order valence-corrected chi connectivity index (χ4v) is 3.05. The Labute approximate surface area is 157 Å². The molecule has 1 fully saturated rings. The van der Waals surface area contributed by atoms with Crippen molar-refractivity contribution < 1.29 is 14.1 Å². The van der Waals surface area contributed by atoms with Crippen LogP contribution in [-0.4, -0.2) is 28.3 Å². The molecular weight excluding hydrogens is 349 g/mol. The van der Waals surface area contributed by atoms with Gasteiger partial charge in [0.2, 0.25) is 5.91 Å². The normalized spacial score (nSPS) is 13.6. The number of nitro groups is 1. The number of hydrogen-bond acceptors (Lipinski definition) is 4. The summed E-state index contributed by atoms with van der Waals surface area (Å²) in [7, 11) is 0. The Morgan fingerprint density at radius 1 is 1.22 bits per heavy atom. The highest BCUT2D eigenvalue weighted by molar-refractivity contribution is 5.95. The molecule has 0 heterocycles. The fraction of sp³-hybridized carbons (Fsp3) is 0.350. The Hall–Kier alpha value is -2.80. The van der Waals surface area contributed by atoms with Crippen LogP contribution in [0.2, 0.25) is 0 Å². The van der Waals surface area contributed by atoms with Crippen molar-refractivity contribution >= 4 is 17.3 Å². The zero-order valence-electron chi connectivity index (χ0n) is 15.4. The lowest BCUT2D eigenvalue weighted by Gasteiger charge is -2.22. The first-order valence-corrected chi connectivity index (χ1v) is 8.88. The Morgan fingerprint density at radius 3 is 2.48 bits per heavy atom. The van der Waals surface area contributed by atoms with E-state index >= 15 is 0 Å². The van der Waals surface area contributed by atoms with Crippen LogP contribution in [0.3, 0.4) is 0 Å². The summed E-state index contributed by atoms with van der Waals surface area (Å²) in [6.07, 6.45) is 2.02. The number of anilines is 1. The zero-order chi connectivity index (χ0) is 19.6. The van der Waals surface area contributed by atoms with Crippen LogP contribution in [0.1, 0.15) is 29.5 Å². The average Bonchev–Trinajstić information content (AvgIpc) is 3.45. The summed E-state index contributed by atoms with van der Waals surface area (Å²) in [5, 5.41) is 14.0. The predicted octanol–water partition coefficient (Wildman–Crippen LogP) is 3.95. The molecule has 0 atom stereocenters. The average molecular weight is 371 g/mol. The molecule has 0 saturated heterocycles. The smallest absolute Gasteiger partial charge is 0.293 e. The highest BCUT2D eigenvalue weighted by atomic mass is 19.1. The van der Waals surface area contributed by atoms with E-state index in [4.69, 9.17) is 0 Å². The van der Waals surface area contributed by atoms with Gasteiger partial charge in [-0.1, -0.05) is 18.2 Å². The molecule has 7 heteroatoms. The van der Waals surface area contributed by atoms with Gasteiger partial charge >= 0.3 is 0 Å². The van der Waals surface area contributed by atoms with Gasteiger partial charge < -0.3 is 5.32 Å². The number of benzene rings is 2. The molecule has 2 aromatic carbocycles. The first-order valence-electron chi connectivity index (χ1n) is 8.88. The van der Waals surface area contributed by atoms with Gasteiger partial charge in [0.25, 0.3) is 5.69 Å². The SMILES string of the molecule is Cc1ccc([N+](=O)[O-])c(NC(=O)CN(Cc2ccc(F)cc2)C2CC2)c1C. The molecule has 0 unspecified atom stereocenters. The first-order chi connectivity index (χ1) is 12.8. The standard InChI is InChI=1S/C20H22FN3O3/c1-13-3-10-18(24(26)27)20(14(13)2)22-19(25)12-23(17-8-9-17)11-15-4-6-16(21)7-5-15/h3-7,10,17H,8-9,11-12H2,1-2H3,(H,22,25). The number of amides is 1. The molecule has 6 nitrogen and oxygen atoms in total. The quantitative estimate of drug-likeness (QED) is 0.591. The molecule has 0 aromatic heterocycles. The monoisotopic (exact) mass is 371 g/mol. The van der Waals surface area contributed by atoms with Gasteiger partial charge in [0, 0.05) is 18.7 Å². The Balaban J connectivity index is 1.73. The van der Waals surface area contributed by atoms with Crippen LogP contribution >= 0.6 is 0 Å². The molecule has 1 N–H and O–H groups in total. The van der Waals surface area contributed by atoms with Crippen LogP contribution in [0, 0.1) is 29.8 Å². The van der Waals surface area contributed by atoms with Gasteiger partial charge in [0.1, 0.15) is 11.5 Å². The maximum absolute atomic E-state index is 13.1. The molecule has 2 aromatic rings. The molecule has 1 aliphatic rings. The number of carbonyl (C=O) groups excluding carboxylic acids is 1. The number of nitro benzene ring substituents is 1. The third-order valence-electron chi connectivity index (χ3n) is 4.88. The predicted molar refractivity (Wildman–Crippen MR) is 101 cm³/mol. The zero-order valence-corrected chi connectivity index (χ0v) is 15.4. The van der Waals surface area contributed by atoms with Crippen molar-refractivity contribution in [2.45, 2.75) is 39.3 Å². The van der Waals surface area contributed by atoms with Crippen LogP contribution < -0.4 is 5.32 Å². The molecule has 0 spiro atoms. The molecule has 1 aliphatic carbocycles. The molecule has 0 aliphatic heterocycles. The van der Waals surface area contributed by atoms with Gasteiger partial charge in [-0.3, -0.25) is 19.8 Å². The number of halogens is 1. The van der Waals surface area contributed by atoms with Gasteiger partial charge in [0.05, 0.1) is 11.5 Å². The van der Waals surface area contributed by atoms with Crippen LogP contribution in [-0.2, 0) is 11.3 Å². The van der Waals surface area contributed by atoms with Crippen molar-refractivity contribution in [3.8, 4) is 0 Å². The van der Waals surface area contributed by atoms with Crippen molar-refractivity contribution in [1.29, 1.82) is 0 Å². The van der Waals surface area contributed by atoms with Crippen LogP contribution in [0.25, 0.3) is 0 Å². The maximum Gasteiger partial charge on any atom is 0.293 e. The molecule has 1 saturated carbocycles. The lowest BCUT2D eigenvalue weighted by molar-refractivity contribution is -0.384. The Morgan fingerprint density at radius 2 is 1.89 bits per heavy atom. The van der Waals surface area contributed by atoms with Gasteiger partial charge in [-0.05, 0) is 55.5 Å². The second kappa shape index (κ2) is 7.84. The number of nitrogens with one attached hydrogen (secondary N) is 1. The third kappa shape index (κ3) is 4.68. The summed E-state index contributed by atoms with van der Waals surface area (Å²) in [6.45, 7) is 4.27. The van der Waals surface area contributed by atoms with E-state index in [0.717, 1.165) is 24.0 Å². The summed E-state index contributed by atoms with van der Waals surface area (Å²) in [5.74, 6) is -0.586. The van der Waals surface area contributed by atoms with Crippen LogP contribution in [0.4, 0.5) is 15.8 Å². The van der Waals surface area contributed by atoms with Crippen molar-refractivity contribution in [1.82, 2.24) is 4.90 Å². The lowest BCUT2D eigenvalue weighted by atomic mass is 10.1. The third-order valence-corrected chi connectivity index (χ3v) is 4.88. The minimum atomic E-state index is -0.487. The Kier molecular flexibility index (Phi) is 5.51. The van der Waals surface area contributed by atoms with Gasteiger partial charge in [-0.15, -0.1) is 0 Å². The van der Waals surface area contributed by atoms with Crippen molar-refractivity contribution in [3.05, 3.63) is 69.0 Å². The van der Waals surface area contributed by atoms with E-state index in [9.17, 15) is 19.3 Å². The summed E-state index contributed by atoms with van der Waals surface area (Å²) in [6, 6.07) is 9.62. The highest BCUT2D eigenvalue weighted by Crippen LogP contribution is 2.31. The van der Waals surface area contributed by atoms with Crippen LogP contribution in [0.5, 0.6) is 0 Å². The molecule has 3 rings (SSSR count). The minimum absolute atomic E-state index is 0.108. The lowest BCUT2D eigenvalue weighted by Crippen LogP contribution is -2.34. The van der Waals surface area contributed by atoms with Gasteiger partial charge in [-0.25, -0.2) is 4.39 Å². The van der Waals surface area contributed by atoms with E-state index in [-0.39, 0.29) is 29.6 Å². The number of nitrogens with zero attached hydrogens (tertiary/aromatic N) is 2. The topological polar surface area (TPSA) is 75.5 Å². The van der Waals surface area contributed by atoms with E-state index in [1.165, 1.54) is 18.2 Å². The minimum Gasteiger partial charge on any atom is -0.319 e. The second-order valence-corrected chi connectivity index (χ2v) is 6.97. The van der Waals surface area contributed by atoms with Crippen LogP contribution in [0.15, 0.2) is 36.4 Å². The number of hydrogen-bond donors (Lipinski definition) is 1. The molecular formula is C20H22FN3O3. The van der Waals surface area contributed by atoms with E-state index in [2.05, 4.69) is 5.32 Å². The molecule has 0 radical (unpaired) electrons. The van der Waals surface area contributed by atoms with E-state index < -0.39 is 4.92 Å². The molecule has 0 bridgehead atoms. The second-order valence-electron chi connectivity index (χ2n) is 6.97. The van der Waals surface area contributed by atoms with Gasteiger partial charge in [-0.2, -0.15) is 0 Å². The summed E-state index contributed by atoms with van der Waals surface area (Å²) < 4.78 is 13.1. The largest absolute Gasteiger partial charge is 0.319 e. The van der Waals surface area contributed by atoms with E-state index in [1.54, 1.807) is 25.1 Å². The number of rotatable bonds is 7. The van der Waals surface area contributed by atoms with E-state index in [0.29, 0.717) is 18.2 Å². The summed E-state index contributed by atoms with van der Waals surface area (Å²) >= 11 is 0. The van der Waals surface area contributed by atoms with E-state index in [1.807, 2.05) is 11.8 Å². The number of aryl methyl sites for hydroxylation is 1. The van der Waals surface area contributed by atoms with Crippen molar-refractivity contribution in [2.24, 2.45) is 0 Å². The first kappa shape index (κ1) is 19.0. The highest BCUT2D eigenvalue weighted by Gasteiger charge is 2.31. The molecule has 142 valence electrons. The van der Waals surface area contributed by atoms with Crippen molar-refractivity contribution in [3.63, 3.8) is 0 Å². The fourth-order valence-electron chi connectivity index (χ4n) is 3.05. The molecule has 27 heavy (non-hydrogen) atoms. The molecule has 1 amide bonds. The van der Waals surface area contributed by atoms with Gasteiger partial charge in [0.15, 0.2) is 0 Å². The summed E-state index contributed by atoms with van der Waals surface area (Å²) in [5.41, 5.74) is 2.63. The Bertz CT molecular complexity index is 864. The maximum atomic E-state index is 13.1. The summed E-state index contributed by atoms with van der Waals surface area (Å²) in [4.78, 5) is 25.4.